The molecule has 472 valence electrons. The highest BCUT2D eigenvalue weighted by molar-refractivity contribution is 5.73. The lowest BCUT2D eigenvalue weighted by Gasteiger charge is -2.06. The molecule has 0 saturated heterocycles. The van der Waals surface area contributed by atoms with Crippen LogP contribution in [0.1, 0.15) is 437 Å². The third-order valence-electron chi connectivity index (χ3n) is 17.3. The van der Waals surface area contributed by atoms with Crippen LogP contribution in [-0.2, 0) is 9.59 Å². The average molecular weight is 1110 g/mol. The Morgan fingerprint density at radius 2 is 0.405 bits per heavy atom. The van der Waals surface area contributed by atoms with Crippen molar-refractivity contribution < 1.29 is 9.59 Å². The summed E-state index contributed by atoms with van der Waals surface area (Å²) in [6, 6.07) is 0. The van der Waals surface area contributed by atoms with E-state index in [4.69, 9.17) is 11.5 Å². The molecule has 5 nitrogen and oxygen atoms in total. The van der Waals surface area contributed by atoms with Crippen LogP contribution in [0.25, 0.3) is 0 Å². The Hall–Kier alpha value is -1.36. The second-order valence-corrected chi connectivity index (χ2v) is 25.5. The van der Waals surface area contributed by atoms with Gasteiger partial charge in [-0.2, -0.15) is 0 Å². The van der Waals surface area contributed by atoms with Crippen LogP contribution in [0.2, 0.25) is 0 Å². The van der Waals surface area contributed by atoms with E-state index in [0.717, 1.165) is 25.7 Å². The molecule has 79 heavy (non-hydrogen) atoms. The minimum atomic E-state index is -0.152. The van der Waals surface area contributed by atoms with Gasteiger partial charge in [-0.15, -0.1) is 6.58 Å². The predicted molar refractivity (Wildman–Crippen MR) is 356 cm³/mol. The molecular weight excluding hydrogens is 963 g/mol. The molecule has 0 rings (SSSR count). The molecule has 0 radical (unpaired) electrons. The van der Waals surface area contributed by atoms with Crippen molar-refractivity contribution in [2.75, 3.05) is 13.1 Å². The lowest BCUT2D eigenvalue weighted by Crippen LogP contribution is -2.16. The number of unbranched alkanes of at least 4 members (excludes halogenated alkanes) is 62. The van der Waals surface area contributed by atoms with E-state index < -0.39 is 0 Å². The molecule has 0 aliphatic carbocycles. The van der Waals surface area contributed by atoms with E-state index in [1.165, 1.54) is 405 Å². The number of carbonyl (C=O) groups is 2. The van der Waals surface area contributed by atoms with Gasteiger partial charge in [0.1, 0.15) is 0 Å². The quantitative estimate of drug-likeness (QED) is 0.0418. The van der Waals surface area contributed by atoms with E-state index >= 15 is 0 Å². The van der Waals surface area contributed by atoms with Gasteiger partial charge in [-0.25, -0.2) is 0 Å². The number of amides is 2. The van der Waals surface area contributed by atoms with Crippen molar-refractivity contribution in [3.05, 3.63) is 12.7 Å². The van der Waals surface area contributed by atoms with Crippen molar-refractivity contribution in [2.24, 2.45) is 11.5 Å². The molecule has 2 amide bonds. The monoisotopic (exact) mass is 1110 g/mol. The highest BCUT2D eigenvalue weighted by Crippen LogP contribution is 2.19. The van der Waals surface area contributed by atoms with Crippen molar-refractivity contribution >= 4 is 11.8 Å². The molecule has 0 spiro atoms. The number of hydrogen-bond acceptors (Lipinski definition) is 3. The fourth-order valence-electron chi connectivity index (χ4n) is 11.8. The fourth-order valence-corrected chi connectivity index (χ4v) is 11.8. The van der Waals surface area contributed by atoms with Crippen LogP contribution in [-0.4, -0.2) is 24.9 Å². The number of primary amides is 2. The summed E-state index contributed by atoms with van der Waals surface area (Å²) in [6.07, 6.45) is 94.6. The van der Waals surface area contributed by atoms with E-state index in [9.17, 15) is 9.59 Å². The Labute approximate surface area is 498 Å². The Morgan fingerprint density at radius 3 is 0.570 bits per heavy atom. The minimum absolute atomic E-state index is 0.152. The summed E-state index contributed by atoms with van der Waals surface area (Å²) < 4.78 is 0. The molecule has 0 bridgehead atoms. The molecule has 0 aromatic heterocycles. The molecule has 0 saturated carbocycles. The number of carbonyl (C=O) groups excluding carboxylic acids is 2. The molecule has 0 fully saturated rings. The van der Waals surface area contributed by atoms with Gasteiger partial charge in [0.25, 0.3) is 0 Å². The molecule has 0 aliphatic rings. The lowest BCUT2D eigenvalue weighted by molar-refractivity contribution is -0.119. The first-order valence-electron chi connectivity index (χ1n) is 36.9. The van der Waals surface area contributed by atoms with Crippen LogP contribution in [0.3, 0.4) is 0 Å². The first kappa shape index (κ1) is 79.7. The van der Waals surface area contributed by atoms with Crippen LogP contribution in [0.15, 0.2) is 12.7 Å². The van der Waals surface area contributed by atoms with Gasteiger partial charge >= 0.3 is 0 Å². The fraction of sp³-hybridized carbons (Fsp3) is 0.946. The maximum absolute atomic E-state index is 10.7. The summed E-state index contributed by atoms with van der Waals surface area (Å²) in [4.78, 5) is 21.4. The molecule has 0 unspecified atom stereocenters. The smallest absolute Gasteiger partial charge is 0.217 e. The van der Waals surface area contributed by atoms with E-state index in [-0.39, 0.29) is 11.8 Å². The number of hydrogen-bond donors (Lipinski definition) is 3. The average Bonchev–Trinajstić information content (AvgIpc) is 3.44. The van der Waals surface area contributed by atoms with E-state index in [0.29, 0.717) is 12.8 Å². The molecule has 0 heterocycles. The summed E-state index contributed by atoms with van der Waals surface area (Å²) in [5.74, 6) is -0.305. The van der Waals surface area contributed by atoms with Gasteiger partial charge in [0, 0.05) is 12.8 Å². The number of nitrogens with one attached hydrogen (secondary N) is 1. The predicted octanol–water partition coefficient (Wildman–Crippen LogP) is 24.9. The Bertz CT molecular complexity index is 1070. The topological polar surface area (TPSA) is 98.2 Å². The summed E-state index contributed by atoms with van der Waals surface area (Å²) in [5.41, 5.74) is 10.3. The number of rotatable bonds is 71. The standard InChI is InChI=1S/C37H74N2O2.C37H75N/c38-36(40)34-32-30-28-26-24-22-20-18-16-14-12-10-8-6-4-2-1-3-5-7-9-11-13-15-17-19-21-23-25-27-29-31-33-35-37(39)41;1-3-5-7-9-11-13-15-17-19-21-23-25-27-29-31-33-35-37-38-36-34-32-30-28-26-24-22-20-18-16-14-12-10-8-6-4-2/h1-35H2,(H2,38,40)(H2,39,41);3,38H,1,4-37H2,2H3. The molecule has 0 aliphatic heterocycles. The van der Waals surface area contributed by atoms with Crippen LogP contribution in [0, 0.1) is 0 Å². The van der Waals surface area contributed by atoms with Gasteiger partial charge in [-0.3, -0.25) is 9.59 Å². The highest BCUT2D eigenvalue weighted by Gasteiger charge is 2.01. The van der Waals surface area contributed by atoms with Crippen LogP contribution in [0.4, 0.5) is 0 Å². The second-order valence-electron chi connectivity index (χ2n) is 25.5. The normalized spacial score (nSPS) is 11.4. The third-order valence-corrected chi connectivity index (χ3v) is 17.3. The molecule has 5 N–H and O–H groups in total. The van der Waals surface area contributed by atoms with Gasteiger partial charge in [-0.05, 0) is 51.6 Å². The zero-order valence-electron chi connectivity index (χ0n) is 54.5. The van der Waals surface area contributed by atoms with Crippen molar-refractivity contribution in [3.8, 4) is 0 Å². The highest BCUT2D eigenvalue weighted by atomic mass is 16.1. The van der Waals surface area contributed by atoms with E-state index in [2.05, 4.69) is 24.9 Å². The molecule has 5 heteroatoms. The van der Waals surface area contributed by atoms with Crippen LogP contribution in [0.5, 0.6) is 0 Å². The van der Waals surface area contributed by atoms with Crippen molar-refractivity contribution in [1.82, 2.24) is 5.32 Å². The van der Waals surface area contributed by atoms with Gasteiger partial charge in [0.05, 0.1) is 0 Å². The first-order chi connectivity index (χ1) is 39.0. The zero-order chi connectivity index (χ0) is 57.4. The van der Waals surface area contributed by atoms with Crippen LogP contribution < -0.4 is 16.8 Å². The largest absolute Gasteiger partial charge is 0.370 e. The van der Waals surface area contributed by atoms with Crippen molar-refractivity contribution in [2.45, 2.75) is 437 Å². The Balaban J connectivity index is 0. The number of allylic oxidation sites excluding steroid dienone is 1. The molecular formula is C74H149N3O2. The summed E-state index contributed by atoms with van der Waals surface area (Å²) in [7, 11) is 0. The van der Waals surface area contributed by atoms with Crippen molar-refractivity contribution in [3.63, 3.8) is 0 Å². The summed E-state index contributed by atoms with van der Waals surface area (Å²) >= 11 is 0. The maximum Gasteiger partial charge on any atom is 0.217 e. The maximum atomic E-state index is 10.7. The second kappa shape index (κ2) is 76.6. The minimum Gasteiger partial charge on any atom is -0.370 e. The van der Waals surface area contributed by atoms with Gasteiger partial charge in [-0.1, -0.05) is 392 Å². The van der Waals surface area contributed by atoms with Gasteiger partial charge in [0.15, 0.2) is 0 Å². The molecule has 0 aromatic rings. The van der Waals surface area contributed by atoms with Crippen LogP contribution >= 0.6 is 0 Å². The summed E-state index contributed by atoms with van der Waals surface area (Å²) in [5, 5.41) is 3.68. The van der Waals surface area contributed by atoms with E-state index in [1.54, 1.807) is 0 Å². The molecule has 0 aromatic carbocycles. The SMILES string of the molecule is C=CCCCCCCCCCCCCCCCCCNCCCCCCCCCCCCCCCCCC.NC(=O)CCCCCCCCCCCCCCCCCCCCCCCCCCCCCCCCCCCC(N)=O. The third kappa shape index (κ3) is 83.2. The van der Waals surface area contributed by atoms with Gasteiger partial charge in [0.2, 0.25) is 11.8 Å². The number of nitrogens with two attached hydrogens (primary N) is 2. The van der Waals surface area contributed by atoms with Crippen molar-refractivity contribution in [1.29, 1.82) is 0 Å². The summed E-state index contributed by atoms with van der Waals surface area (Å²) in [6.45, 7) is 8.59. The zero-order valence-corrected chi connectivity index (χ0v) is 54.5. The Kier molecular flexibility index (Phi) is 77.3. The lowest BCUT2D eigenvalue weighted by atomic mass is 10.0. The van der Waals surface area contributed by atoms with Gasteiger partial charge < -0.3 is 16.8 Å². The molecule has 0 atom stereocenters. The van der Waals surface area contributed by atoms with E-state index in [1.807, 2.05) is 0 Å². The first-order valence-corrected chi connectivity index (χ1v) is 36.9. The Morgan fingerprint density at radius 1 is 0.253 bits per heavy atom.